The summed E-state index contributed by atoms with van der Waals surface area (Å²) in [5.74, 6) is 3.28. The van der Waals surface area contributed by atoms with Gasteiger partial charge in [-0.2, -0.15) is 0 Å². The van der Waals surface area contributed by atoms with Crippen LogP contribution in [0.2, 0.25) is 0 Å². The molecule has 0 aromatic heterocycles. The zero-order chi connectivity index (χ0) is 58.5. The fraction of sp³-hybridized carbons (Fsp3) is 0.243. The van der Waals surface area contributed by atoms with Crippen LogP contribution in [0.4, 0.5) is 0 Å². The highest BCUT2D eigenvalue weighted by Gasteiger charge is 2.38. The van der Waals surface area contributed by atoms with Gasteiger partial charge in [0, 0.05) is 16.4 Å². The van der Waals surface area contributed by atoms with E-state index in [4.69, 9.17) is 28.4 Å². The standard InChI is InChI=1S/C74H68O10/c1-47-41-58(21-33-66(47)79-6)73(37-9-7-10-38-73)59-22-34-67(48(2)42-59)82-70(76)52-17-25-62(26-18-52)80-64-29-31-65(32-30-64)81-63-27-19-53(20-28-63)71(77)83-68-35-23-60(43-49(68)3)74(39-11-8-12-40-74)61-24-36-69(50(4)44-61)84-72(78)57-16-15-55-45-54(51(5)75)13-14-56(55)46-57/h13-36,41-46H,7-12,37-40H2,1-6H3. The molecule has 0 bridgehead atoms. The maximum Gasteiger partial charge on any atom is 0.343 e. The number of ether oxygens (including phenoxy) is 6. The molecule has 0 atom stereocenters. The van der Waals surface area contributed by atoms with Crippen LogP contribution >= 0.6 is 0 Å². The highest BCUT2D eigenvalue weighted by Crippen LogP contribution is 2.48. The molecule has 11 rings (SSSR count). The topological polar surface area (TPSA) is 124 Å². The summed E-state index contributed by atoms with van der Waals surface area (Å²) in [5.41, 5.74) is 10.1. The summed E-state index contributed by atoms with van der Waals surface area (Å²) >= 11 is 0. The van der Waals surface area contributed by atoms with E-state index >= 15 is 0 Å². The second-order valence-corrected chi connectivity index (χ2v) is 22.6. The number of carbonyl (C=O) groups is 4. The molecule has 0 unspecified atom stereocenters. The van der Waals surface area contributed by atoms with E-state index in [0.29, 0.717) is 62.5 Å². The second kappa shape index (κ2) is 24.3. The van der Waals surface area contributed by atoms with E-state index in [1.165, 1.54) is 24.5 Å². The number of methoxy groups -OCH3 is 1. The van der Waals surface area contributed by atoms with Crippen LogP contribution < -0.4 is 28.4 Å². The van der Waals surface area contributed by atoms with E-state index in [9.17, 15) is 19.2 Å². The molecule has 2 saturated carbocycles. The lowest BCUT2D eigenvalue weighted by Gasteiger charge is -2.39. The number of hydrogen-bond acceptors (Lipinski definition) is 10. The average molecular weight is 1120 g/mol. The summed E-state index contributed by atoms with van der Waals surface area (Å²) in [6.45, 7) is 9.56. The SMILES string of the molecule is COc1ccc(C2(c3ccc(OC(=O)c4ccc(Oc5ccc(Oc6ccc(C(=O)Oc7ccc(C8(c9ccc(OC(=O)c%10ccc%11cc(C(C)=O)ccc%11c%10)c(C)c9)CCCCC8)cc7C)cc6)cc5)cc4)c(C)c3)CCCCC2)cc1C. The van der Waals surface area contributed by atoms with Crippen molar-refractivity contribution in [2.45, 2.75) is 110 Å². The van der Waals surface area contributed by atoms with Gasteiger partial charge in [-0.05, 0) is 231 Å². The lowest BCUT2D eigenvalue weighted by Crippen LogP contribution is -2.30. The maximum absolute atomic E-state index is 13.5. The zero-order valence-electron chi connectivity index (χ0n) is 48.5. The number of Topliss-reactive ketones (excluding diaryl/α,β-unsaturated/α-hetero) is 1. The van der Waals surface area contributed by atoms with Crippen LogP contribution in [0.15, 0.2) is 182 Å². The van der Waals surface area contributed by atoms with Crippen molar-refractivity contribution in [1.82, 2.24) is 0 Å². The van der Waals surface area contributed by atoms with Crippen LogP contribution in [0.25, 0.3) is 10.8 Å². The van der Waals surface area contributed by atoms with E-state index in [0.717, 1.165) is 108 Å². The predicted molar refractivity (Wildman–Crippen MR) is 327 cm³/mol. The van der Waals surface area contributed by atoms with Crippen molar-refractivity contribution in [2.75, 3.05) is 7.11 Å². The van der Waals surface area contributed by atoms with Gasteiger partial charge in [0.25, 0.3) is 0 Å². The number of esters is 3. The Morgan fingerprint density at radius 3 is 0.964 bits per heavy atom. The van der Waals surface area contributed by atoms with Gasteiger partial charge in [-0.15, -0.1) is 0 Å². The van der Waals surface area contributed by atoms with E-state index in [1.807, 2.05) is 57.2 Å². The van der Waals surface area contributed by atoms with Gasteiger partial charge >= 0.3 is 17.9 Å². The minimum atomic E-state index is -0.480. The summed E-state index contributed by atoms with van der Waals surface area (Å²) in [5, 5.41) is 1.73. The van der Waals surface area contributed by atoms with Crippen LogP contribution in [-0.2, 0) is 10.8 Å². The first kappa shape index (κ1) is 56.6. The first-order valence-corrected chi connectivity index (χ1v) is 29.0. The largest absolute Gasteiger partial charge is 0.496 e. The van der Waals surface area contributed by atoms with Crippen molar-refractivity contribution in [3.63, 3.8) is 0 Å². The summed E-state index contributed by atoms with van der Waals surface area (Å²) in [6.07, 6.45) is 10.9. The van der Waals surface area contributed by atoms with Gasteiger partial charge in [0.15, 0.2) is 5.78 Å². The maximum atomic E-state index is 13.5. The summed E-state index contributed by atoms with van der Waals surface area (Å²) in [4.78, 5) is 52.2. The normalized spacial score (nSPS) is 14.5. The van der Waals surface area contributed by atoms with Crippen molar-refractivity contribution in [1.29, 1.82) is 0 Å². The molecule has 0 aliphatic heterocycles. The first-order chi connectivity index (χ1) is 40.7. The van der Waals surface area contributed by atoms with E-state index in [1.54, 1.807) is 98.1 Å². The Bertz CT molecular complexity index is 3940. The molecule has 0 heterocycles. The van der Waals surface area contributed by atoms with Gasteiger partial charge in [-0.3, -0.25) is 4.79 Å². The van der Waals surface area contributed by atoms with E-state index in [-0.39, 0.29) is 16.6 Å². The van der Waals surface area contributed by atoms with Gasteiger partial charge in [-0.1, -0.05) is 105 Å². The van der Waals surface area contributed by atoms with Crippen LogP contribution in [-0.4, -0.2) is 30.8 Å². The summed E-state index contributed by atoms with van der Waals surface area (Å²) in [7, 11) is 1.71. The molecule has 2 aliphatic carbocycles. The smallest absolute Gasteiger partial charge is 0.343 e. The van der Waals surface area contributed by atoms with Gasteiger partial charge in [-0.25, -0.2) is 14.4 Å². The van der Waals surface area contributed by atoms with Crippen molar-refractivity contribution >= 4 is 34.5 Å². The van der Waals surface area contributed by atoms with Gasteiger partial charge in [0.05, 0.1) is 23.8 Å². The van der Waals surface area contributed by atoms with Gasteiger partial charge in [0.1, 0.15) is 46.0 Å². The second-order valence-electron chi connectivity index (χ2n) is 22.6. The molecule has 0 N–H and O–H groups in total. The van der Waals surface area contributed by atoms with Crippen molar-refractivity contribution in [2.24, 2.45) is 0 Å². The summed E-state index contributed by atoms with van der Waals surface area (Å²) in [6, 6.07) is 56.7. The van der Waals surface area contributed by atoms with Crippen molar-refractivity contribution in [3.05, 3.63) is 249 Å². The Hall–Kier alpha value is -9.28. The number of benzene rings is 9. The lowest BCUT2D eigenvalue weighted by atomic mass is 9.65. The fourth-order valence-electron chi connectivity index (χ4n) is 12.4. The van der Waals surface area contributed by atoms with Gasteiger partial charge < -0.3 is 28.4 Å². The third-order valence-electron chi connectivity index (χ3n) is 17.1. The molecule has 424 valence electrons. The Balaban J connectivity index is 0.677. The molecular weight excluding hydrogens is 1050 g/mol. The van der Waals surface area contributed by atoms with Crippen LogP contribution in [0.5, 0.6) is 46.0 Å². The monoisotopic (exact) mass is 1120 g/mol. The Morgan fingerprint density at radius 1 is 0.333 bits per heavy atom. The molecular formula is C74H68O10. The lowest BCUT2D eigenvalue weighted by molar-refractivity contribution is 0.0724. The molecule has 9 aromatic carbocycles. The van der Waals surface area contributed by atoms with Crippen molar-refractivity contribution in [3.8, 4) is 46.0 Å². The quantitative estimate of drug-likeness (QED) is 0.0525. The van der Waals surface area contributed by atoms with Crippen LogP contribution in [0.3, 0.4) is 0 Å². The minimum absolute atomic E-state index is 0.00947. The highest BCUT2D eigenvalue weighted by molar-refractivity contribution is 6.01. The number of hydrogen-bond donors (Lipinski definition) is 0. The molecule has 0 saturated heterocycles. The molecule has 0 spiro atoms. The first-order valence-electron chi connectivity index (χ1n) is 29.0. The van der Waals surface area contributed by atoms with Gasteiger partial charge in [0.2, 0.25) is 0 Å². The molecule has 84 heavy (non-hydrogen) atoms. The molecule has 0 radical (unpaired) electrons. The zero-order valence-corrected chi connectivity index (χ0v) is 48.5. The van der Waals surface area contributed by atoms with Crippen molar-refractivity contribution < 1.29 is 47.6 Å². The highest BCUT2D eigenvalue weighted by atomic mass is 16.5. The van der Waals surface area contributed by atoms with E-state index in [2.05, 4.69) is 61.5 Å². The molecule has 10 nitrogen and oxygen atoms in total. The number of fused-ring (bicyclic) bond motifs is 1. The fourth-order valence-corrected chi connectivity index (χ4v) is 12.4. The average Bonchev–Trinajstić information content (AvgIpc) is 3.62. The third-order valence-corrected chi connectivity index (χ3v) is 17.1. The Kier molecular flexibility index (Phi) is 16.4. The Labute approximate surface area is 491 Å². The van der Waals surface area contributed by atoms with Crippen LogP contribution in [0.1, 0.15) is 157 Å². The predicted octanol–water partition coefficient (Wildman–Crippen LogP) is 18.0. The molecule has 0 amide bonds. The summed E-state index contributed by atoms with van der Waals surface area (Å²) < 4.78 is 35.7. The number of carbonyl (C=O) groups excluding carboxylic acids is 4. The molecule has 2 fully saturated rings. The molecule has 2 aliphatic rings. The van der Waals surface area contributed by atoms with E-state index < -0.39 is 17.9 Å². The number of rotatable bonds is 16. The Morgan fingerprint density at radius 2 is 0.631 bits per heavy atom. The minimum Gasteiger partial charge on any atom is -0.496 e. The molecule has 10 heteroatoms. The number of ketones is 1. The van der Waals surface area contributed by atoms with Crippen LogP contribution in [0, 0.1) is 27.7 Å². The molecule has 9 aromatic rings. The number of aryl methyl sites for hydroxylation is 4. The third kappa shape index (κ3) is 12.0.